The number of ketones is 1. The third kappa shape index (κ3) is 3.58. The molecule has 2 rings (SSSR count). The van der Waals surface area contributed by atoms with Gasteiger partial charge in [0, 0.05) is 12.1 Å². The Bertz CT molecular complexity index is 373. The molecule has 1 unspecified atom stereocenters. The zero-order chi connectivity index (χ0) is 11.6. The second-order valence-corrected chi connectivity index (χ2v) is 3.92. The van der Waals surface area contributed by atoms with Gasteiger partial charge >= 0.3 is 0 Å². The minimum atomic E-state index is -0.127. The number of hydrogen-bond acceptors (Lipinski definition) is 4. The Hall–Kier alpha value is -0.970. The lowest BCUT2D eigenvalue weighted by atomic mass is 10.3. The summed E-state index contributed by atoms with van der Waals surface area (Å²) in [6, 6.07) is 2.78. The summed E-state index contributed by atoms with van der Waals surface area (Å²) in [5, 5.41) is 9.35. The van der Waals surface area contributed by atoms with E-state index in [4.69, 9.17) is 39.8 Å². The van der Waals surface area contributed by atoms with Crippen molar-refractivity contribution >= 4 is 34.7 Å². The van der Waals surface area contributed by atoms with Gasteiger partial charge in [-0.05, 0) is 12.1 Å². The predicted octanol–water partition coefficient (Wildman–Crippen LogP) is 1.57. The standard InChI is InChI=1S/C6H5Cl2NO.C3H5NO/c7-4-1-3(9)2-5(8)6(4)10;4-2-1-3(2)5/h1-2,10H,9H2;2H,1,4H2. The summed E-state index contributed by atoms with van der Waals surface area (Å²) in [5.74, 6) is 0.0718. The number of phenols is 1. The van der Waals surface area contributed by atoms with Crippen LogP contribution >= 0.6 is 23.2 Å². The molecule has 4 nitrogen and oxygen atoms in total. The topological polar surface area (TPSA) is 89.3 Å². The number of carbonyl (C=O) groups is 1. The number of phenolic OH excluding ortho intramolecular Hbond substituents is 1. The van der Waals surface area contributed by atoms with Crippen molar-refractivity contribution in [2.24, 2.45) is 5.73 Å². The SMILES string of the molecule is NC1CC1=O.Nc1cc(Cl)c(O)c(Cl)c1. The van der Waals surface area contributed by atoms with Gasteiger partial charge in [-0.1, -0.05) is 23.2 Å². The Kier molecular flexibility index (Phi) is 3.79. The van der Waals surface area contributed by atoms with Gasteiger partial charge in [-0.2, -0.15) is 0 Å². The van der Waals surface area contributed by atoms with Crippen LogP contribution in [-0.2, 0) is 4.79 Å². The largest absolute Gasteiger partial charge is 0.505 e. The highest BCUT2D eigenvalue weighted by molar-refractivity contribution is 6.37. The van der Waals surface area contributed by atoms with Crippen LogP contribution in [0.4, 0.5) is 5.69 Å². The van der Waals surface area contributed by atoms with Gasteiger partial charge in [0.2, 0.25) is 0 Å². The molecule has 0 radical (unpaired) electrons. The van der Waals surface area contributed by atoms with Crippen molar-refractivity contribution in [1.29, 1.82) is 0 Å². The molecule has 0 heterocycles. The molecule has 0 amide bonds. The zero-order valence-electron chi connectivity index (χ0n) is 7.71. The Morgan fingerprint density at radius 1 is 1.33 bits per heavy atom. The van der Waals surface area contributed by atoms with Crippen LogP contribution in [0.1, 0.15) is 6.42 Å². The van der Waals surface area contributed by atoms with Gasteiger partial charge in [0.1, 0.15) is 0 Å². The molecule has 0 spiro atoms. The summed E-state index contributed by atoms with van der Waals surface area (Å²) < 4.78 is 0. The van der Waals surface area contributed by atoms with Gasteiger partial charge in [0.05, 0.1) is 16.1 Å². The van der Waals surface area contributed by atoms with Crippen LogP contribution in [0.25, 0.3) is 0 Å². The van der Waals surface area contributed by atoms with Gasteiger partial charge in [-0.25, -0.2) is 0 Å². The van der Waals surface area contributed by atoms with Crippen molar-refractivity contribution in [3.8, 4) is 5.75 Å². The molecule has 1 atom stereocenters. The molecule has 1 aliphatic rings. The average molecular weight is 249 g/mol. The average Bonchev–Trinajstić information content (AvgIpc) is 2.76. The second kappa shape index (κ2) is 4.70. The summed E-state index contributed by atoms with van der Waals surface area (Å²) in [6.45, 7) is 0. The Labute approximate surface area is 96.8 Å². The lowest BCUT2D eigenvalue weighted by Crippen LogP contribution is -1.99. The van der Waals surface area contributed by atoms with E-state index >= 15 is 0 Å². The predicted molar refractivity (Wildman–Crippen MR) is 60.1 cm³/mol. The molecular formula is C9H10Cl2N2O2. The highest BCUT2D eigenvalue weighted by Crippen LogP contribution is 2.33. The lowest BCUT2D eigenvalue weighted by Gasteiger charge is -1.99. The molecule has 15 heavy (non-hydrogen) atoms. The van der Waals surface area contributed by atoms with Crippen LogP contribution in [0.3, 0.4) is 0 Å². The maximum Gasteiger partial charge on any atom is 0.152 e. The van der Waals surface area contributed by atoms with Crippen LogP contribution in [-0.4, -0.2) is 16.9 Å². The Morgan fingerprint density at radius 2 is 1.67 bits per heavy atom. The summed E-state index contributed by atoms with van der Waals surface area (Å²) >= 11 is 11.0. The van der Waals surface area contributed by atoms with Crippen LogP contribution in [0.2, 0.25) is 10.0 Å². The minimum absolute atomic E-state index is 0.0880. The van der Waals surface area contributed by atoms with Crippen molar-refractivity contribution in [3.05, 3.63) is 22.2 Å². The molecule has 6 heteroatoms. The van der Waals surface area contributed by atoms with Crippen LogP contribution in [0.5, 0.6) is 5.75 Å². The first-order valence-corrected chi connectivity index (χ1v) is 4.89. The van der Waals surface area contributed by atoms with Crippen molar-refractivity contribution < 1.29 is 9.90 Å². The zero-order valence-corrected chi connectivity index (χ0v) is 9.22. The van der Waals surface area contributed by atoms with E-state index < -0.39 is 0 Å². The molecule has 1 aliphatic carbocycles. The summed E-state index contributed by atoms with van der Waals surface area (Å²) in [4.78, 5) is 9.76. The van der Waals surface area contributed by atoms with Crippen LogP contribution in [0.15, 0.2) is 12.1 Å². The third-order valence-corrected chi connectivity index (χ3v) is 2.29. The third-order valence-electron chi connectivity index (χ3n) is 1.71. The summed E-state index contributed by atoms with van der Waals surface area (Å²) in [7, 11) is 0. The number of benzene rings is 1. The number of nitrogens with two attached hydrogens (primary N) is 2. The first-order valence-electron chi connectivity index (χ1n) is 4.13. The highest BCUT2D eigenvalue weighted by atomic mass is 35.5. The minimum Gasteiger partial charge on any atom is -0.505 e. The Morgan fingerprint density at radius 3 is 1.93 bits per heavy atom. The second-order valence-electron chi connectivity index (χ2n) is 3.11. The van der Waals surface area contributed by atoms with E-state index in [1.54, 1.807) is 0 Å². The maximum absolute atomic E-state index is 9.76. The van der Waals surface area contributed by atoms with E-state index in [-0.39, 0.29) is 27.6 Å². The maximum atomic E-state index is 9.76. The van der Waals surface area contributed by atoms with E-state index in [1.165, 1.54) is 12.1 Å². The molecule has 0 bridgehead atoms. The highest BCUT2D eigenvalue weighted by Gasteiger charge is 2.29. The van der Waals surface area contributed by atoms with Gasteiger partial charge < -0.3 is 16.6 Å². The smallest absolute Gasteiger partial charge is 0.152 e. The van der Waals surface area contributed by atoms with E-state index in [0.717, 1.165) is 0 Å². The first kappa shape index (κ1) is 12.1. The monoisotopic (exact) mass is 248 g/mol. The van der Waals surface area contributed by atoms with Gasteiger partial charge in [-0.3, -0.25) is 4.79 Å². The van der Waals surface area contributed by atoms with Crippen molar-refractivity contribution in [1.82, 2.24) is 0 Å². The summed E-state index contributed by atoms with van der Waals surface area (Å²) in [5.41, 5.74) is 10.8. The number of nitrogen functional groups attached to an aromatic ring is 1. The van der Waals surface area contributed by atoms with E-state index in [2.05, 4.69) is 0 Å². The number of aromatic hydroxyl groups is 1. The molecular weight excluding hydrogens is 239 g/mol. The molecule has 1 fully saturated rings. The van der Waals surface area contributed by atoms with E-state index in [1.807, 2.05) is 0 Å². The lowest BCUT2D eigenvalue weighted by molar-refractivity contribution is -0.110. The van der Waals surface area contributed by atoms with Crippen LogP contribution in [0, 0.1) is 0 Å². The molecule has 1 aromatic rings. The van der Waals surface area contributed by atoms with Crippen molar-refractivity contribution in [2.45, 2.75) is 12.5 Å². The van der Waals surface area contributed by atoms with Gasteiger partial charge in [0.15, 0.2) is 11.5 Å². The van der Waals surface area contributed by atoms with E-state index in [9.17, 15) is 4.79 Å². The number of anilines is 1. The molecule has 0 aliphatic heterocycles. The normalized spacial score (nSPS) is 18.1. The molecule has 0 aromatic heterocycles. The quantitative estimate of drug-likeness (QED) is 0.481. The fraction of sp³-hybridized carbons (Fsp3) is 0.222. The van der Waals surface area contributed by atoms with E-state index in [0.29, 0.717) is 12.1 Å². The molecule has 1 saturated carbocycles. The fourth-order valence-electron chi connectivity index (χ4n) is 0.743. The molecule has 1 aromatic carbocycles. The number of rotatable bonds is 0. The Balaban J connectivity index is 0.000000187. The fourth-order valence-corrected chi connectivity index (χ4v) is 1.25. The van der Waals surface area contributed by atoms with Gasteiger partial charge in [0.25, 0.3) is 0 Å². The number of Topliss-reactive ketones (excluding diaryl/α,β-unsaturated/α-hetero) is 1. The van der Waals surface area contributed by atoms with Gasteiger partial charge in [-0.15, -0.1) is 0 Å². The molecule has 0 saturated heterocycles. The van der Waals surface area contributed by atoms with Crippen molar-refractivity contribution in [2.75, 3.05) is 5.73 Å². The summed E-state index contributed by atoms with van der Waals surface area (Å²) in [6.07, 6.45) is 0.611. The number of halogens is 2. The molecule has 82 valence electrons. The number of hydrogen-bond donors (Lipinski definition) is 3. The molecule has 5 N–H and O–H groups in total. The first-order chi connectivity index (χ1) is 6.91. The van der Waals surface area contributed by atoms with Crippen molar-refractivity contribution in [3.63, 3.8) is 0 Å². The number of carbonyl (C=O) groups excluding carboxylic acids is 1. The van der Waals surface area contributed by atoms with Crippen LogP contribution < -0.4 is 11.5 Å².